The highest BCUT2D eigenvalue weighted by Crippen LogP contribution is 1.89. The molecule has 1 unspecified atom stereocenters. The second kappa shape index (κ2) is 16.6. The van der Waals surface area contributed by atoms with Crippen LogP contribution in [0, 0.1) is 0 Å². The van der Waals surface area contributed by atoms with Gasteiger partial charge in [-0.3, -0.25) is 0 Å². The first kappa shape index (κ1) is 10.1. The molecule has 0 aromatic carbocycles. The molecule has 0 heterocycles. The largest absolute Gasteiger partial charge is 0.494 e. The molecule has 0 fully saturated rings. The molecule has 0 aliphatic heterocycles. The first-order chi connectivity index (χ1) is 3.41. The molecule has 0 aliphatic rings. The third kappa shape index (κ3) is 23.5. The van der Waals surface area contributed by atoms with Crippen molar-refractivity contribution in [1.29, 1.82) is 0 Å². The van der Waals surface area contributed by atoms with Crippen LogP contribution in [0.5, 0.6) is 0 Å². The maximum absolute atomic E-state index is 9.34. The minimum atomic E-state index is -0.592. The lowest BCUT2D eigenvalue weighted by atomic mass is 10.9. The number of hydrogen-bond acceptors (Lipinski definition) is 2. The normalized spacial score (nSPS) is 7.29. The molecule has 7 heavy (non-hydrogen) atoms. The monoisotopic (exact) mass is 123 g/mol. The second-order valence-corrected chi connectivity index (χ2v) is 0.972. The van der Waals surface area contributed by atoms with Gasteiger partial charge in [0.05, 0.1) is 6.61 Å². The van der Waals surface area contributed by atoms with E-state index in [2.05, 4.69) is 4.52 Å². The lowest BCUT2D eigenvalue weighted by Gasteiger charge is -1.62. The van der Waals surface area contributed by atoms with Crippen LogP contribution in [0.2, 0.25) is 0 Å². The van der Waals surface area contributed by atoms with Gasteiger partial charge in [0.2, 0.25) is 0 Å². The molecule has 0 N–H and O–H groups in total. The van der Waals surface area contributed by atoms with Crippen LogP contribution in [0.3, 0.4) is 0 Å². The fourth-order valence-electron chi connectivity index (χ4n) is 0.0589. The molecule has 2 nitrogen and oxygen atoms in total. The SMILES string of the molecule is CC.CCO[PH+]=O. The Hall–Kier alpha value is 0.0600. The lowest BCUT2D eigenvalue weighted by Crippen LogP contribution is -1.65. The lowest BCUT2D eigenvalue weighted by molar-refractivity contribution is 0.365. The number of hydrogen-bond donors (Lipinski definition) is 0. The topological polar surface area (TPSA) is 26.3 Å². The van der Waals surface area contributed by atoms with Crippen molar-refractivity contribution in [1.82, 2.24) is 0 Å². The van der Waals surface area contributed by atoms with Crippen LogP contribution in [0.25, 0.3) is 0 Å². The van der Waals surface area contributed by atoms with E-state index in [0.29, 0.717) is 6.61 Å². The van der Waals surface area contributed by atoms with Crippen LogP contribution in [0.15, 0.2) is 0 Å². The minimum Gasteiger partial charge on any atom is -0.148 e. The third-order valence-electron chi connectivity index (χ3n) is 0.203. The van der Waals surface area contributed by atoms with Crippen molar-refractivity contribution in [2.75, 3.05) is 6.61 Å². The minimum absolute atomic E-state index is 0.544. The molecule has 0 amide bonds. The van der Waals surface area contributed by atoms with Crippen molar-refractivity contribution in [3.63, 3.8) is 0 Å². The van der Waals surface area contributed by atoms with E-state index in [9.17, 15) is 4.57 Å². The van der Waals surface area contributed by atoms with Gasteiger partial charge in [0.25, 0.3) is 0 Å². The molecule has 0 spiro atoms. The molecule has 0 saturated carbocycles. The first-order valence-corrected chi connectivity index (χ1v) is 3.22. The predicted molar refractivity (Wildman–Crippen MR) is 32.0 cm³/mol. The van der Waals surface area contributed by atoms with Crippen LogP contribution in [-0.2, 0) is 9.09 Å². The summed E-state index contributed by atoms with van der Waals surface area (Å²) in [5, 5.41) is 0. The zero-order valence-electron chi connectivity index (χ0n) is 5.02. The summed E-state index contributed by atoms with van der Waals surface area (Å²) in [4.78, 5) is 0. The molecule has 0 aliphatic carbocycles. The Bertz CT molecular complexity index is 30.9. The van der Waals surface area contributed by atoms with Crippen molar-refractivity contribution in [2.45, 2.75) is 20.8 Å². The van der Waals surface area contributed by atoms with Gasteiger partial charge < -0.3 is 0 Å². The van der Waals surface area contributed by atoms with Gasteiger partial charge in [-0.05, 0) is 11.5 Å². The molecular formula is C4H12O2P+. The van der Waals surface area contributed by atoms with Crippen LogP contribution in [0.4, 0.5) is 0 Å². The Morgan fingerprint density at radius 1 is 1.57 bits per heavy atom. The molecular weight excluding hydrogens is 111 g/mol. The van der Waals surface area contributed by atoms with E-state index in [-0.39, 0.29) is 0 Å². The van der Waals surface area contributed by atoms with Gasteiger partial charge in [0.15, 0.2) is 0 Å². The standard InChI is InChI=1S/C2H6O2P.C2H6/c1-2-4-5-3;1-2/h5H,2H2,1H3;1-2H3/q+1;. The highest BCUT2D eigenvalue weighted by atomic mass is 31.1. The Labute approximate surface area is 46.2 Å². The van der Waals surface area contributed by atoms with Crippen LogP contribution in [-0.4, -0.2) is 6.61 Å². The van der Waals surface area contributed by atoms with Crippen molar-refractivity contribution in [3.8, 4) is 0 Å². The fourth-order valence-corrected chi connectivity index (χ4v) is 0.177. The molecule has 0 saturated heterocycles. The third-order valence-corrected chi connectivity index (χ3v) is 0.610. The maximum Gasteiger partial charge on any atom is 0.494 e. The molecule has 3 heteroatoms. The molecule has 0 rings (SSSR count). The van der Waals surface area contributed by atoms with Crippen LogP contribution >= 0.6 is 8.69 Å². The predicted octanol–water partition coefficient (Wildman–Crippen LogP) is 1.99. The number of rotatable bonds is 2. The van der Waals surface area contributed by atoms with Crippen molar-refractivity contribution in [2.24, 2.45) is 0 Å². The molecule has 0 radical (unpaired) electrons. The van der Waals surface area contributed by atoms with E-state index in [4.69, 9.17) is 0 Å². The van der Waals surface area contributed by atoms with Gasteiger partial charge in [0, 0.05) is 0 Å². The molecule has 44 valence electrons. The summed E-state index contributed by atoms with van der Waals surface area (Å²) in [5.41, 5.74) is 0. The Kier molecular flexibility index (Phi) is 24.0. The molecule has 0 aromatic heterocycles. The van der Waals surface area contributed by atoms with Crippen LogP contribution < -0.4 is 0 Å². The van der Waals surface area contributed by atoms with Gasteiger partial charge >= 0.3 is 8.69 Å². The van der Waals surface area contributed by atoms with E-state index in [0.717, 1.165) is 0 Å². The average Bonchev–Trinajstić information content (AvgIpc) is 1.75. The quantitative estimate of drug-likeness (QED) is 0.525. The average molecular weight is 123 g/mol. The highest BCUT2D eigenvalue weighted by molar-refractivity contribution is 7.17. The van der Waals surface area contributed by atoms with E-state index in [1.54, 1.807) is 6.92 Å². The Morgan fingerprint density at radius 2 is 2.00 bits per heavy atom. The van der Waals surface area contributed by atoms with E-state index < -0.39 is 8.69 Å². The van der Waals surface area contributed by atoms with Gasteiger partial charge in [-0.2, -0.15) is 0 Å². The summed E-state index contributed by atoms with van der Waals surface area (Å²) < 4.78 is 13.6. The summed E-state index contributed by atoms with van der Waals surface area (Å²) in [7, 11) is -0.592. The molecule has 1 atom stereocenters. The van der Waals surface area contributed by atoms with Gasteiger partial charge in [0.1, 0.15) is 0 Å². The summed E-state index contributed by atoms with van der Waals surface area (Å²) in [6, 6.07) is 0. The van der Waals surface area contributed by atoms with E-state index in [1.165, 1.54) is 0 Å². The zero-order chi connectivity index (χ0) is 6.12. The molecule has 0 bridgehead atoms. The highest BCUT2D eigenvalue weighted by Gasteiger charge is 1.76. The zero-order valence-corrected chi connectivity index (χ0v) is 6.02. The van der Waals surface area contributed by atoms with Gasteiger partial charge in [-0.15, -0.1) is 4.52 Å². The van der Waals surface area contributed by atoms with Crippen molar-refractivity contribution in [3.05, 3.63) is 0 Å². The maximum atomic E-state index is 9.34. The smallest absolute Gasteiger partial charge is 0.148 e. The summed E-state index contributed by atoms with van der Waals surface area (Å²) in [6.45, 7) is 6.34. The molecule has 0 aromatic rings. The van der Waals surface area contributed by atoms with Crippen molar-refractivity contribution < 1.29 is 9.09 Å². The second-order valence-electron chi connectivity index (χ2n) is 0.516. The summed E-state index contributed by atoms with van der Waals surface area (Å²) in [6.07, 6.45) is 0. The first-order valence-electron chi connectivity index (χ1n) is 2.40. The van der Waals surface area contributed by atoms with Gasteiger partial charge in [-0.25, -0.2) is 0 Å². The van der Waals surface area contributed by atoms with E-state index in [1.807, 2.05) is 13.8 Å². The summed E-state index contributed by atoms with van der Waals surface area (Å²) in [5.74, 6) is 0. The Morgan fingerprint density at radius 3 is 2.00 bits per heavy atom. The van der Waals surface area contributed by atoms with Gasteiger partial charge in [-0.1, -0.05) is 13.8 Å². The van der Waals surface area contributed by atoms with Crippen molar-refractivity contribution >= 4 is 8.69 Å². The fraction of sp³-hybridized carbons (Fsp3) is 1.00. The van der Waals surface area contributed by atoms with E-state index >= 15 is 0 Å². The van der Waals surface area contributed by atoms with Crippen LogP contribution in [0.1, 0.15) is 20.8 Å². The summed E-state index contributed by atoms with van der Waals surface area (Å²) >= 11 is 0. The Balaban J connectivity index is 0.